The van der Waals surface area contributed by atoms with Gasteiger partial charge in [0.25, 0.3) is 0 Å². The maximum atomic E-state index is 13.3. The molecule has 1 aromatic rings. The lowest BCUT2D eigenvalue weighted by atomic mass is 9.80. The highest BCUT2D eigenvalue weighted by Gasteiger charge is 2.26. The van der Waals surface area contributed by atoms with Crippen LogP contribution in [-0.4, -0.2) is 33.0 Å². The van der Waals surface area contributed by atoms with E-state index in [0.717, 1.165) is 0 Å². The molecule has 0 amide bonds. The third-order valence-electron chi connectivity index (χ3n) is 2.68. The van der Waals surface area contributed by atoms with Crippen LogP contribution in [0.1, 0.15) is 13.8 Å². The van der Waals surface area contributed by atoms with Crippen molar-refractivity contribution < 1.29 is 30.5 Å². The van der Waals surface area contributed by atoms with Gasteiger partial charge in [-0.25, -0.2) is 12.8 Å². The Morgan fingerprint density at radius 3 is 2.35 bits per heavy atom. The van der Waals surface area contributed by atoms with Crippen LogP contribution < -0.4 is 10.2 Å². The summed E-state index contributed by atoms with van der Waals surface area (Å²) in [6, 6.07) is 1.81. The lowest BCUT2D eigenvalue weighted by Crippen LogP contribution is -2.34. The molecule has 1 rings (SSSR count). The molecule has 0 aliphatic heterocycles. The van der Waals surface area contributed by atoms with E-state index in [9.17, 15) is 25.8 Å². The highest BCUT2D eigenvalue weighted by atomic mass is 32.2. The molecule has 114 valence electrons. The van der Waals surface area contributed by atoms with Gasteiger partial charge >= 0.3 is 6.98 Å². The minimum atomic E-state index is -5.26. The van der Waals surface area contributed by atoms with E-state index in [1.165, 1.54) is 13.8 Å². The number of sulfone groups is 1. The third-order valence-corrected chi connectivity index (χ3v) is 4.85. The second-order valence-electron chi connectivity index (χ2n) is 4.53. The number of rotatable bonds is 6. The molecule has 0 heterocycles. The molecule has 20 heavy (non-hydrogen) atoms. The van der Waals surface area contributed by atoms with Crippen LogP contribution in [-0.2, 0) is 9.84 Å². The van der Waals surface area contributed by atoms with Gasteiger partial charge in [0, 0.05) is 0 Å². The summed E-state index contributed by atoms with van der Waals surface area (Å²) < 4.78 is 78.6. The number of benzene rings is 1. The molecule has 0 radical (unpaired) electrons. The number of halogens is 4. The Morgan fingerprint density at radius 1 is 1.25 bits per heavy atom. The molecule has 1 aromatic carbocycles. The normalized spacial score (nSPS) is 12.8. The van der Waals surface area contributed by atoms with E-state index in [2.05, 4.69) is 0 Å². The van der Waals surface area contributed by atoms with Gasteiger partial charge in [0.05, 0.1) is 11.0 Å². The zero-order valence-electron chi connectivity index (χ0n) is 10.9. The summed E-state index contributed by atoms with van der Waals surface area (Å²) in [6.45, 7) is -2.71. The van der Waals surface area contributed by atoms with Crippen molar-refractivity contribution in [3.8, 4) is 5.75 Å². The Labute approximate surface area is 114 Å². The summed E-state index contributed by atoms with van der Waals surface area (Å²) in [4.78, 5) is 0. The van der Waals surface area contributed by atoms with Crippen LogP contribution in [0.4, 0.5) is 17.3 Å². The van der Waals surface area contributed by atoms with Gasteiger partial charge in [-0.15, -0.1) is 5.46 Å². The maximum absolute atomic E-state index is 13.3. The fourth-order valence-electron chi connectivity index (χ4n) is 1.34. The van der Waals surface area contributed by atoms with E-state index >= 15 is 0 Å². The Balaban J connectivity index is 2.79. The zero-order chi connectivity index (χ0) is 15.6. The molecule has 0 saturated heterocycles. The standard InChI is InChI=1S/C11H14BF4O3S/c1-8(2)20(17,18)6-5-19-11-7-9(12(14,15)16)3-4-10(11)13/h3-4,7-8H,5-6H2,1-2H3/q-1. The Morgan fingerprint density at radius 2 is 1.85 bits per heavy atom. The van der Waals surface area contributed by atoms with Crippen LogP contribution in [0.5, 0.6) is 5.75 Å². The topological polar surface area (TPSA) is 43.4 Å². The zero-order valence-corrected chi connectivity index (χ0v) is 11.8. The first-order valence-corrected chi connectivity index (χ1v) is 7.59. The summed E-state index contributed by atoms with van der Waals surface area (Å²) in [5, 5.41) is -0.624. The third kappa shape index (κ3) is 4.40. The number of hydrogen-bond acceptors (Lipinski definition) is 3. The Kier molecular flexibility index (Phi) is 5.07. The van der Waals surface area contributed by atoms with E-state index in [4.69, 9.17) is 4.74 Å². The van der Waals surface area contributed by atoms with Crippen molar-refractivity contribution in [3.63, 3.8) is 0 Å². The Hall–Kier alpha value is -1.25. The van der Waals surface area contributed by atoms with Crippen molar-refractivity contribution in [1.82, 2.24) is 0 Å². The van der Waals surface area contributed by atoms with Crippen molar-refractivity contribution in [1.29, 1.82) is 0 Å². The predicted molar refractivity (Wildman–Crippen MR) is 69.5 cm³/mol. The maximum Gasteiger partial charge on any atom is 0.509 e. The fourth-order valence-corrected chi connectivity index (χ4v) is 2.12. The summed E-state index contributed by atoms with van der Waals surface area (Å²) in [7, 11) is -3.39. The smallest absolute Gasteiger partial charge is 0.490 e. The van der Waals surface area contributed by atoms with Crippen LogP contribution in [0.15, 0.2) is 18.2 Å². The van der Waals surface area contributed by atoms with Gasteiger partial charge < -0.3 is 17.7 Å². The van der Waals surface area contributed by atoms with Gasteiger partial charge in [0.2, 0.25) is 0 Å². The second kappa shape index (κ2) is 6.03. The quantitative estimate of drug-likeness (QED) is 0.596. The van der Waals surface area contributed by atoms with E-state index < -0.39 is 45.7 Å². The minimum Gasteiger partial charge on any atom is -0.490 e. The molecular weight excluding hydrogens is 299 g/mol. The molecule has 0 atom stereocenters. The van der Waals surface area contributed by atoms with Gasteiger partial charge in [-0.1, -0.05) is 6.07 Å². The van der Waals surface area contributed by atoms with E-state index in [0.29, 0.717) is 18.2 Å². The highest BCUT2D eigenvalue weighted by molar-refractivity contribution is 7.91. The van der Waals surface area contributed by atoms with Crippen LogP contribution in [0, 0.1) is 5.82 Å². The van der Waals surface area contributed by atoms with Gasteiger partial charge in [-0.05, 0) is 26.0 Å². The summed E-state index contributed by atoms with van der Waals surface area (Å²) in [5.74, 6) is -1.94. The van der Waals surface area contributed by atoms with E-state index in [1.807, 2.05) is 0 Å². The Bertz CT molecular complexity index is 570. The van der Waals surface area contributed by atoms with Crippen molar-refractivity contribution >= 4 is 22.3 Å². The van der Waals surface area contributed by atoms with Gasteiger partial charge in [-0.2, -0.15) is 0 Å². The van der Waals surface area contributed by atoms with Crippen LogP contribution >= 0.6 is 0 Å². The molecule has 3 nitrogen and oxygen atoms in total. The molecule has 0 fully saturated rings. The van der Waals surface area contributed by atoms with Crippen molar-refractivity contribution in [2.24, 2.45) is 0 Å². The SMILES string of the molecule is CC(C)S(=O)(=O)CCOc1cc([B-](F)(F)F)ccc1F. The first-order valence-electron chi connectivity index (χ1n) is 5.88. The molecular formula is C11H14BF4O3S-. The van der Waals surface area contributed by atoms with Gasteiger partial charge in [-0.3, -0.25) is 0 Å². The molecule has 0 saturated carbocycles. The molecule has 0 bridgehead atoms. The van der Waals surface area contributed by atoms with E-state index in [-0.39, 0.29) is 5.75 Å². The lowest BCUT2D eigenvalue weighted by Gasteiger charge is -2.16. The first-order chi connectivity index (χ1) is 9.04. The van der Waals surface area contributed by atoms with Gasteiger partial charge in [0.1, 0.15) is 6.61 Å². The van der Waals surface area contributed by atoms with E-state index in [1.54, 1.807) is 0 Å². The minimum absolute atomic E-state index is 0.383. The van der Waals surface area contributed by atoms with Crippen LogP contribution in [0.2, 0.25) is 0 Å². The summed E-state index contributed by atoms with van der Waals surface area (Å²) >= 11 is 0. The molecule has 0 aromatic heterocycles. The van der Waals surface area contributed by atoms with Crippen molar-refractivity contribution in [3.05, 3.63) is 24.0 Å². The fraction of sp³-hybridized carbons (Fsp3) is 0.455. The largest absolute Gasteiger partial charge is 0.509 e. The second-order valence-corrected chi connectivity index (χ2v) is 7.21. The lowest BCUT2D eigenvalue weighted by molar-refractivity contribution is 0.322. The average molecular weight is 313 g/mol. The molecule has 0 spiro atoms. The molecule has 0 unspecified atom stereocenters. The van der Waals surface area contributed by atoms with Gasteiger partial charge in [0.15, 0.2) is 21.4 Å². The highest BCUT2D eigenvalue weighted by Crippen LogP contribution is 2.18. The monoisotopic (exact) mass is 313 g/mol. The molecule has 0 N–H and O–H groups in total. The number of ether oxygens (including phenoxy) is 1. The van der Waals surface area contributed by atoms with Crippen molar-refractivity contribution in [2.45, 2.75) is 19.1 Å². The van der Waals surface area contributed by atoms with Crippen molar-refractivity contribution in [2.75, 3.05) is 12.4 Å². The van der Waals surface area contributed by atoms with Crippen LogP contribution in [0.3, 0.4) is 0 Å². The molecule has 9 heteroatoms. The summed E-state index contributed by atoms with van der Waals surface area (Å²) in [5.41, 5.74) is -0.992. The predicted octanol–water partition coefficient (Wildman–Crippen LogP) is 2.08. The molecule has 0 aliphatic carbocycles. The number of hydrogen-bond donors (Lipinski definition) is 0. The summed E-state index contributed by atoms with van der Waals surface area (Å²) in [6.07, 6.45) is 0. The molecule has 0 aliphatic rings. The first kappa shape index (κ1) is 16.8. The van der Waals surface area contributed by atoms with Crippen LogP contribution in [0.25, 0.3) is 0 Å². The average Bonchev–Trinajstić information content (AvgIpc) is 2.29.